The Morgan fingerprint density at radius 3 is 2.17 bits per heavy atom. The highest BCUT2D eigenvalue weighted by molar-refractivity contribution is 7.74. The summed E-state index contributed by atoms with van der Waals surface area (Å²) in [6.45, 7) is 17.3. The fourth-order valence-electron chi connectivity index (χ4n) is 1.81. The zero-order valence-electron chi connectivity index (χ0n) is 11.7. The lowest BCUT2D eigenvalue weighted by molar-refractivity contribution is -0.113. The van der Waals surface area contributed by atoms with Gasteiger partial charge in [-0.2, -0.15) is 0 Å². The van der Waals surface area contributed by atoms with E-state index in [0.29, 0.717) is 11.8 Å². The molecule has 0 spiro atoms. The maximum absolute atomic E-state index is 11.9. The average Bonchev–Trinajstić information content (AvgIpc) is 2.20. The van der Waals surface area contributed by atoms with Crippen LogP contribution in [0.4, 0.5) is 11.4 Å². The molecule has 0 bridgehead atoms. The van der Waals surface area contributed by atoms with E-state index < -0.39 is 7.26 Å². The van der Waals surface area contributed by atoms with Crippen LogP contribution in [-0.2, 0) is 4.79 Å². The van der Waals surface area contributed by atoms with Gasteiger partial charge in [-0.05, 0) is 25.0 Å². The summed E-state index contributed by atoms with van der Waals surface area (Å²) >= 11 is 0. The number of nitrogens with zero attached hydrogens (tertiary/aromatic N) is 1. The Balaban J connectivity index is 2.93. The lowest BCUT2D eigenvalue weighted by Gasteiger charge is -2.15. The van der Waals surface area contributed by atoms with Crippen LogP contribution in [0.15, 0.2) is 12.1 Å². The predicted octanol–water partition coefficient (Wildman–Crippen LogP) is 3.70. The first-order valence-corrected chi connectivity index (χ1v) is 9.13. The second kappa shape index (κ2) is 5.50. The van der Waals surface area contributed by atoms with Crippen molar-refractivity contribution < 1.29 is 4.79 Å². The zero-order chi connectivity index (χ0) is 13.9. The third-order valence-electron chi connectivity index (χ3n) is 2.53. The van der Waals surface area contributed by atoms with Crippen LogP contribution in [-0.4, -0.2) is 32.1 Å². The van der Waals surface area contributed by atoms with Crippen molar-refractivity contribution in [2.75, 3.05) is 31.5 Å². The largest absolute Gasteiger partial charge is 0.323 e. The van der Waals surface area contributed by atoms with Gasteiger partial charge in [-0.3, -0.25) is 4.79 Å². The summed E-state index contributed by atoms with van der Waals surface area (Å²) < 4.78 is 0. The van der Waals surface area contributed by atoms with Crippen LogP contribution in [0, 0.1) is 20.4 Å². The van der Waals surface area contributed by atoms with Crippen molar-refractivity contribution in [2.24, 2.45) is 0 Å². The molecule has 0 aliphatic carbocycles. The molecule has 18 heavy (non-hydrogen) atoms. The van der Waals surface area contributed by atoms with Crippen molar-refractivity contribution in [1.82, 2.24) is 0 Å². The van der Waals surface area contributed by atoms with Crippen molar-refractivity contribution in [3.05, 3.63) is 34.7 Å². The monoisotopic (exact) mass is 263 g/mol. The predicted molar refractivity (Wildman–Crippen MR) is 80.4 cm³/mol. The van der Waals surface area contributed by atoms with E-state index in [4.69, 9.17) is 6.57 Å². The number of aryl methyl sites for hydroxylation is 2. The average molecular weight is 263 g/mol. The van der Waals surface area contributed by atoms with E-state index in [1.807, 2.05) is 26.0 Å². The fourth-order valence-corrected chi connectivity index (χ4v) is 2.75. The summed E-state index contributed by atoms with van der Waals surface area (Å²) in [7, 11) is -1.11. The summed E-state index contributed by atoms with van der Waals surface area (Å²) in [5, 5.41) is 2.97. The number of rotatable bonds is 3. The summed E-state index contributed by atoms with van der Waals surface area (Å²) in [6, 6.07) is 3.61. The summed E-state index contributed by atoms with van der Waals surface area (Å²) in [4.78, 5) is 15.4. The summed E-state index contributed by atoms with van der Waals surface area (Å²) in [6.07, 6.45) is 0.594. The summed E-state index contributed by atoms with van der Waals surface area (Å²) in [5.41, 5.74) is 3.36. The molecule has 0 unspecified atom stereocenters. The minimum absolute atomic E-state index is 0.0672. The molecule has 4 heteroatoms. The van der Waals surface area contributed by atoms with Gasteiger partial charge in [0.2, 0.25) is 0 Å². The Bertz CT molecular complexity index is 487. The molecular formula is C14H20N2OP+. The third-order valence-corrected chi connectivity index (χ3v) is 3.76. The van der Waals surface area contributed by atoms with Crippen LogP contribution >= 0.6 is 7.26 Å². The molecule has 1 amide bonds. The topological polar surface area (TPSA) is 33.5 Å². The quantitative estimate of drug-likeness (QED) is 0.654. The molecule has 1 aromatic rings. The third kappa shape index (κ3) is 4.13. The van der Waals surface area contributed by atoms with Crippen LogP contribution < -0.4 is 5.32 Å². The molecule has 0 saturated carbocycles. The van der Waals surface area contributed by atoms with Gasteiger partial charge in [-0.1, -0.05) is 12.1 Å². The van der Waals surface area contributed by atoms with E-state index in [0.717, 1.165) is 16.8 Å². The number of nitrogens with one attached hydrogen (secondary N) is 1. The molecular weight excluding hydrogens is 243 g/mol. The number of hydrogen-bond donors (Lipinski definition) is 1. The molecule has 1 N–H and O–H groups in total. The molecule has 0 heterocycles. The van der Waals surface area contributed by atoms with E-state index in [9.17, 15) is 4.79 Å². The van der Waals surface area contributed by atoms with Crippen LogP contribution in [0.1, 0.15) is 11.1 Å². The van der Waals surface area contributed by atoms with Crippen molar-refractivity contribution in [3.63, 3.8) is 0 Å². The van der Waals surface area contributed by atoms with Gasteiger partial charge in [0.25, 0.3) is 5.91 Å². The molecule has 0 radical (unpaired) electrons. The van der Waals surface area contributed by atoms with Gasteiger partial charge in [0.1, 0.15) is 6.16 Å². The lowest BCUT2D eigenvalue weighted by atomic mass is 10.1. The van der Waals surface area contributed by atoms with Gasteiger partial charge in [-0.25, -0.2) is 4.85 Å². The van der Waals surface area contributed by atoms with Crippen LogP contribution in [0.2, 0.25) is 0 Å². The molecule has 0 aliphatic heterocycles. The van der Waals surface area contributed by atoms with Crippen molar-refractivity contribution in [1.29, 1.82) is 0 Å². The highest BCUT2D eigenvalue weighted by Gasteiger charge is 2.22. The normalized spacial score (nSPS) is 10.9. The summed E-state index contributed by atoms with van der Waals surface area (Å²) in [5.74, 6) is 0.0672. The molecule has 1 aromatic carbocycles. The van der Waals surface area contributed by atoms with E-state index in [1.54, 1.807) is 0 Å². The van der Waals surface area contributed by atoms with Gasteiger partial charge in [0.05, 0.1) is 6.57 Å². The SMILES string of the molecule is [C-]#[N+]c1cc(C)c(NC(=O)C[P+](C)(C)C)c(C)c1. The number of carbonyl (C=O) groups is 1. The van der Waals surface area contributed by atoms with Gasteiger partial charge in [-0.15, -0.1) is 0 Å². The van der Waals surface area contributed by atoms with Crippen molar-refractivity contribution in [3.8, 4) is 0 Å². The minimum atomic E-state index is -1.11. The van der Waals surface area contributed by atoms with Gasteiger partial charge in [0.15, 0.2) is 5.69 Å². The molecule has 0 atom stereocenters. The molecule has 0 aliphatic rings. The number of anilines is 1. The Kier molecular flexibility index (Phi) is 4.48. The van der Waals surface area contributed by atoms with Gasteiger partial charge >= 0.3 is 0 Å². The second-order valence-corrected chi connectivity index (χ2v) is 10.5. The molecule has 1 rings (SSSR count). The van der Waals surface area contributed by atoms with Crippen molar-refractivity contribution in [2.45, 2.75) is 13.8 Å². The Hall–Kier alpha value is -1.39. The lowest BCUT2D eigenvalue weighted by Crippen LogP contribution is -2.18. The first-order chi connectivity index (χ1) is 8.23. The first kappa shape index (κ1) is 14.7. The fraction of sp³-hybridized carbons (Fsp3) is 0.429. The first-order valence-electron chi connectivity index (χ1n) is 5.82. The Morgan fingerprint density at radius 2 is 1.78 bits per heavy atom. The van der Waals surface area contributed by atoms with E-state index in [1.165, 1.54) is 0 Å². The van der Waals surface area contributed by atoms with Gasteiger partial charge in [0, 0.05) is 32.9 Å². The van der Waals surface area contributed by atoms with Crippen molar-refractivity contribution >= 4 is 24.5 Å². The maximum Gasteiger partial charge on any atom is 0.261 e. The maximum atomic E-state index is 11.9. The Morgan fingerprint density at radius 1 is 1.28 bits per heavy atom. The number of amides is 1. The molecule has 3 nitrogen and oxygen atoms in total. The number of carbonyl (C=O) groups excluding carboxylic acids is 1. The smallest absolute Gasteiger partial charge is 0.261 e. The van der Waals surface area contributed by atoms with E-state index >= 15 is 0 Å². The molecule has 0 fully saturated rings. The van der Waals surface area contributed by atoms with E-state index in [-0.39, 0.29) is 5.91 Å². The van der Waals surface area contributed by atoms with Crippen LogP contribution in [0.5, 0.6) is 0 Å². The van der Waals surface area contributed by atoms with Crippen LogP contribution in [0.25, 0.3) is 4.85 Å². The number of hydrogen-bond acceptors (Lipinski definition) is 1. The zero-order valence-corrected chi connectivity index (χ0v) is 12.6. The molecule has 96 valence electrons. The van der Waals surface area contributed by atoms with E-state index in [2.05, 4.69) is 30.2 Å². The van der Waals surface area contributed by atoms with Gasteiger partial charge < -0.3 is 5.32 Å². The highest BCUT2D eigenvalue weighted by atomic mass is 31.2. The minimum Gasteiger partial charge on any atom is -0.323 e. The molecule has 0 aromatic heterocycles. The standard InChI is InChI=1S/C14H19N2OP/c1-10-7-12(15-3)8-11(2)14(10)16-13(17)9-18(4,5)6/h7-8H,9H2,1-2,4-6H3/p+1. The molecule has 0 saturated heterocycles. The number of benzene rings is 1. The highest BCUT2D eigenvalue weighted by Crippen LogP contribution is 2.46. The van der Waals surface area contributed by atoms with Crippen LogP contribution in [0.3, 0.4) is 0 Å². The Labute approximate surface area is 110 Å². The second-order valence-electron chi connectivity index (χ2n) is 5.56.